The fourth-order valence-electron chi connectivity index (χ4n) is 4.02. The molecule has 1 amide bonds. The molecular formula is C21H26FN5O. The van der Waals surface area contributed by atoms with Crippen molar-refractivity contribution in [2.24, 2.45) is 5.92 Å². The highest BCUT2D eigenvalue weighted by Gasteiger charge is 2.24. The van der Waals surface area contributed by atoms with Crippen molar-refractivity contribution in [3.63, 3.8) is 0 Å². The lowest BCUT2D eigenvalue weighted by atomic mass is 10.0. The van der Waals surface area contributed by atoms with E-state index in [0.29, 0.717) is 17.3 Å². The predicted octanol–water partition coefficient (Wildman–Crippen LogP) is 2.81. The standard InChI is InChI=1S/C21H26FN5O/c1-16-5-4-8-27(15-16)21(28)18-13-24-20(14-23-18)26-11-9-25(10-12-26)19-7-3-2-6-17(19)22/h2-3,6-7,13-14,16H,4-5,8-12,15H2,1H3. The molecule has 2 aliphatic rings. The molecular weight excluding hydrogens is 357 g/mol. The van der Waals surface area contributed by atoms with Crippen LogP contribution in [0.25, 0.3) is 0 Å². The van der Waals surface area contributed by atoms with Gasteiger partial charge >= 0.3 is 0 Å². The number of hydrogen-bond donors (Lipinski definition) is 0. The van der Waals surface area contributed by atoms with Crippen molar-refractivity contribution in [1.29, 1.82) is 0 Å². The minimum atomic E-state index is -0.189. The number of para-hydroxylation sites is 1. The molecule has 1 unspecified atom stereocenters. The molecule has 2 aliphatic heterocycles. The highest BCUT2D eigenvalue weighted by atomic mass is 19.1. The summed E-state index contributed by atoms with van der Waals surface area (Å²) < 4.78 is 14.0. The van der Waals surface area contributed by atoms with Crippen molar-refractivity contribution in [3.8, 4) is 0 Å². The van der Waals surface area contributed by atoms with Crippen molar-refractivity contribution >= 4 is 17.4 Å². The van der Waals surface area contributed by atoms with Gasteiger partial charge in [0.1, 0.15) is 17.3 Å². The molecule has 7 heteroatoms. The van der Waals surface area contributed by atoms with Crippen LogP contribution < -0.4 is 9.80 Å². The minimum absolute atomic E-state index is 0.0324. The summed E-state index contributed by atoms with van der Waals surface area (Å²) in [6, 6.07) is 6.87. The molecule has 0 saturated carbocycles. The van der Waals surface area contributed by atoms with Crippen molar-refractivity contribution in [2.75, 3.05) is 49.1 Å². The summed E-state index contributed by atoms with van der Waals surface area (Å²) in [5.74, 6) is 1.08. The summed E-state index contributed by atoms with van der Waals surface area (Å²) in [4.78, 5) is 27.5. The van der Waals surface area contributed by atoms with Crippen molar-refractivity contribution in [3.05, 3.63) is 48.2 Å². The highest BCUT2D eigenvalue weighted by molar-refractivity contribution is 5.92. The van der Waals surface area contributed by atoms with Gasteiger partial charge in [-0.2, -0.15) is 0 Å². The Morgan fingerprint density at radius 1 is 1.04 bits per heavy atom. The number of piperazine rings is 1. The van der Waals surface area contributed by atoms with Crippen molar-refractivity contribution in [2.45, 2.75) is 19.8 Å². The Morgan fingerprint density at radius 2 is 1.79 bits per heavy atom. The highest BCUT2D eigenvalue weighted by Crippen LogP contribution is 2.22. The number of rotatable bonds is 3. The molecule has 148 valence electrons. The Balaban J connectivity index is 1.37. The smallest absolute Gasteiger partial charge is 0.274 e. The summed E-state index contributed by atoms with van der Waals surface area (Å²) in [6.07, 6.45) is 5.48. The number of halogens is 1. The second-order valence-corrected chi connectivity index (χ2v) is 7.68. The van der Waals surface area contributed by atoms with E-state index < -0.39 is 0 Å². The molecule has 0 aliphatic carbocycles. The molecule has 0 bridgehead atoms. The van der Waals surface area contributed by atoms with E-state index in [-0.39, 0.29) is 11.7 Å². The quantitative estimate of drug-likeness (QED) is 0.816. The zero-order valence-corrected chi connectivity index (χ0v) is 16.2. The van der Waals surface area contributed by atoms with E-state index in [1.807, 2.05) is 17.0 Å². The molecule has 0 spiro atoms. The first-order valence-electron chi connectivity index (χ1n) is 9.97. The maximum absolute atomic E-state index is 14.0. The van der Waals surface area contributed by atoms with Gasteiger partial charge in [0.15, 0.2) is 0 Å². The summed E-state index contributed by atoms with van der Waals surface area (Å²) >= 11 is 0. The molecule has 6 nitrogen and oxygen atoms in total. The molecule has 1 atom stereocenters. The van der Waals surface area contributed by atoms with E-state index >= 15 is 0 Å². The maximum Gasteiger partial charge on any atom is 0.274 e. The molecule has 28 heavy (non-hydrogen) atoms. The number of likely N-dealkylation sites (tertiary alicyclic amines) is 1. The SMILES string of the molecule is CC1CCCN(C(=O)c2cnc(N3CCN(c4ccccc4F)CC3)cn2)C1. The van der Waals surface area contributed by atoms with Crippen LogP contribution in [0.5, 0.6) is 0 Å². The normalized spacial score (nSPS) is 20.4. The zero-order valence-electron chi connectivity index (χ0n) is 16.2. The van der Waals surface area contributed by atoms with Gasteiger partial charge in [0.05, 0.1) is 18.1 Å². The van der Waals surface area contributed by atoms with E-state index in [1.54, 1.807) is 18.5 Å². The van der Waals surface area contributed by atoms with E-state index in [1.165, 1.54) is 12.5 Å². The Hall–Kier alpha value is -2.70. The first-order valence-corrected chi connectivity index (χ1v) is 9.97. The second kappa shape index (κ2) is 8.12. The number of aromatic nitrogens is 2. The first-order chi connectivity index (χ1) is 13.6. The van der Waals surface area contributed by atoms with Crippen LogP contribution in [-0.2, 0) is 0 Å². The molecule has 0 radical (unpaired) electrons. The Labute approximate surface area is 165 Å². The van der Waals surface area contributed by atoms with Gasteiger partial charge in [-0.1, -0.05) is 19.1 Å². The van der Waals surface area contributed by atoms with Crippen LogP contribution in [0.15, 0.2) is 36.7 Å². The van der Waals surface area contributed by atoms with E-state index in [4.69, 9.17) is 0 Å². The maximum atomic E-state index is 14.0. The molecule has 2 fully saturated rings. The van der Waals surface area contributed by atoms with Crippen LogP contribution in [0.2, 0.25) is 0 Å². The average molecular weight is 383 g/mol. The van der Waals surface area contributed by atoms with Crippen LogP contribution >= 0.6 is 0 Å². The summed E-state index contributed by atoms with van der Waals surface area (Å²) in [7, 11) is 0. The Morgan fingerprint density at radius 3 is 2.46 bits per heavy atom. The van der Waals surface area contributed by atoms with Crippen LogP contribution in [-0.4, -0.2) is 60.0 Å². The minimum Gasteiger partial charge on any atom is -0.366 e. The Kier molecular flexibility index (Phi) is 5.41. The van der Waals surface area contributed by atoms with Crippen LogP contribution in [0.3, 0.4) is 0 Å². The van der Waals surface area contributed by atoms with Gasteiger partial charge in [-0.3, -0.25) is 4.79 Å². The number of carbonyl (C=O) groups excluding carboxylic acids is 1. The van der Waals surface area contributed by atoms with Gasteiger partial charge in [-0.15, -0.1) is 0 Å². The number of anilines is 2. The third-order valence-electron chi connectivity index (χ3n) is 5.60. The summed E-state index contributed by atoms with van der Waals surface area (Å²) in [5, 5.41) is 0. The lowest BCUT2D eigenvalue weighted by molar-refractivity contribution is 0.0676. The molecule has 3 heterocycles. The fraction of sp³-hybridized carbons (Fsp3) is 0.476. The largest absolute Gasteiger partial charge is 0.366 e. The molecule has 2 aromatic rings. The molecule has 1 aromatic heterocycles. The lowest BCUT2D eigenvalue weighted by Crippen LogP contribution is -2.47. The first kappa shape index (κ1) is 18.7. The number of amides is 1. The van der Waals surface area contributed by atoms with E-state index in [2.05, 4.69) is 26.7 Å². The number of carbonyl (C=O) groups is 1. The third kappa shape index (κ3) is 3.93. The van der Waals surface area contributed by atoms with Gasteiger partial charge in [0, 0.05) is 39.3 Å². The summed E-state index contributed by atoms with van der Waals surface area (Å²) in [5.41, 5.74) is 1.05. The second-order valence-electron chi connectivity index (χ2n) is 7.68. The predicted molar refractivity (Wildman–Crippen MR) is 107 cm³/mol. The van der Waals surface area contributed by atoms with Crippen molar-refractivity contribution < 1.29 is 9.18 Å². The van der Waals surface area contributed by atoms with Crippen molar-refractivity contribution in [1.82, 2.24) is 14.9 Å². The third-order valence-corrected chi connectivity index (χ3v) is 5.60. The number of benzene rings is 1. The van der Waals surface area contributed by atoms with Gasteiger partial charge in [0.25, 0.3) is 5.91 Å². The van der Waals surface area contributed by atoms with Gasteiger partial charge < -0.3 is 14.7 Å². The van der Waals surface area contributed by atoms with Crippen LogP contribution in [0.1, 0.15) is 30.3 Å². The fourth-order valence-corrected chi connectivity index (χ4v) is 4.02. The van der Waals surface area contributed by atoms with Gasteiger partial charge in [-0.25, -0.2) is 14.4 Å². The topological polar surface area (TPSA) is 52.6 Å². The molecule has 1 aromatic carbocycles. The van der Waals surface area contributed by atoms with E-state index in [9.17, 15) is 9.18 Å². The van der Waals surface area contributed by atoms with Crippen LogP contribution in [0.4, 0.5) is 15.9 Å². The zero-order chi connectivity index (χ0) is 19.5. The number of piperidine rings is 1. The van der Waals surface area contributed by atoms with Crippen LogP contribution in [0, 0.1) is 11.7 Å². The number of nitrogens with zero attached hydrogens (tertiary/aromatic N) is 5. The lowest BCUT2D eigenvalue weighted by Gasteiger charge is -2.36. The van der Waals surface area contributed by atoms with Gasteiger partial charge in [-0.05, 0) is 30.9 Å². The monoisotopic (exact) mass is 383 g/mol. The number of hydrogen-bond acceptors (Lipinski definition) is 5. The Bertz CT molecular complexity index is 820. The molecule has 0 N–H and O–H groups in total. The van der Waals surface area contributed by atoms with Gasteiger partial charge in [0.2, 0.25) is 0 Å². The average Bonchev–Trinajstić information content (AvgIpc) is 2.74. The molecule has 2 saturated heterocycles. The summed E-state index contributed by atoms with van der Waals surface area (Å²) in [6.45, 7) is 6.67. The molecule has 4 rings (SSSR count). The van der Waals surface area contributed by atoms with E-state index in [0.717, 1.165) is 51.5 Å².